The van der Waals surface area contributed by atoms with Crippen LogP contribution in [0.5, 0.6) is 0 Å². The van der Waals surface area contributed by atoms with Crippen LogP contribution in [0.1, 0.15) is 0 Å². The molecule has 5 heteroatoms. The van der Waals surface area contributed by atoms with Crippen LogP contribution in [0.25, 0.3) is 105 Å². The number of aromatic nitrogens is 4. The molecule has 8 aromatic carbocycles. The first-order chi connectivity index (χ1) is 26.8. The number of rotatable bonds is 5. The number of para-hydroxylation sites is 2. The van der Waals surface area contributed by atoms with Crippen molar-refractivity contribution >= 4 is 54.5 Å². The molecule has 0 amide bonds. The molecule has 0 saturated heterocycles. The largest absolute Gasteiger partial charge is 0.456 e. The normalized spacial score (nSPS) is 11.7. The van der Waals surface area contributed by atoms with E-state index >= 15 is 0 Å². The fraction of sp³-hybridized carbons (Fsp3) is 0. The third kappa shape index (κ3) is 4.83. The van der Waals surface area contributed by atoms with Gasteiger partial charge in [0.2, 0.25) is 0 Å². The maximum absolute atomic E-state index is 6.23. The standard InChI is InChI=1S/C49H30N4O/c1-2-13-33(14-3-1)47-50-48(52-49(51-47)41-20-11-23-44-45(41)40-19-7-9-22-43(40)54-44)35-16-10-15-34(30-35)31-24-27-36(28-25-31)53-42-21-8-6-18-38(42)39-29-26-32-12-4-5-17-37(32)46(39)53/h1-30H. The molecule has 0 atom stereocenters. The van der Waals surface area contributed by atoms with Crippen molar-refractivity contribution in [3.8, 4) is 51.0 Å². The highest BCUT2D eigenvalue weighted by Crippen LogP contribution is 2.39. The summed E-state index contributed by atoms with van der Waals surface area (Å²) < 4.78 is 8.63. The summed E-state index contributed by atoms with van der Waals surface area (Å²) in [5.41, 5.74) is 10.1. The number of fused-ring (bicyclic) bond motifs is 8. The van der Waals surface area contributed by atoms with Crippen molar-refractivity contribution in [3.63, 3.8) is 0 Å². The molecule has 0 radical (unpaired) electrons. The van der Waals surface area contributed by atoms with Gasteiger partial charge in [-0.05, 0) is 52.9 Å². The monoisotopic (exact) mass is 690 g/mol. The fourth-order valence-corrected chi connectivity index (χ4v) is 7.94. The van der Waals surface area contributed by atoms with Gasteiger partial charge in [-0.1, -0.05) is 146 Å². The molecule has 0 bridgehead atoms. The molecule has 0 aliphatic heterocycles. The van der Waals surface area contributed by atoms with Crippen LogP contribution in [0.4, 0.5) is 0 Å². The number of benzene rings is 8. The van der Waals surface area contributed by atoms with Crippen molar-refractivity contribution in [2.45, 2.75) is 0 Å². The third-order valence-electron chi connectivity index (χ3n) is 10.4. The molecule has 0 unspecified atom stereocenters. The van der Waals surface area contributed by atoms with Crippen molar-refractivity contribution in [1.29, 1.82) is 0 Å². The van der Waals surface area contributed by atoms with Crippen molar-refractivity contribution in [1.82, 2.24) is 19.5 Å². The van der Waals surface area contributed by atoms with Gasteiger partial charge in [0.1, 0.15) is 11.2 Å². The van der Waals surface area contributed by atoms with E-state index in [4.69, 9.17) is 19.4 Å². The first-order valence-electron chi connectivity index (χ1n) is 18.1. The van der Waals surface area contributed by atoms with E-state index in [0.717, 1.165) is 55.4 Å². The van der Waals surface area contributed by atoms with Crippen LogP contribution >= 0.6 is 0 Å². The summed E-state index contributed by atoms with van der Waals surface area (Å²) in [4.78, 5) is 15.2. The van der Waals surface area contributed by atoms with Crippen molar-refractivity contribution in [2.75, 3.05) is 0 Å². The summed E-state index contributed by atoms with van der Waals surface area (Å²) in [7, 11) is 0. The van der Waals surface area contributed by atoms with E-state index in [1.165, 1.54) is 32.6 Å². The molecule has 0 N–H and O–H groups in total. The third-order valence-corrected chi connectivity index (χ3v) is 10.4. The van der Waals surface area contributed by atoms with Crippen LogP contribution in [0.15, 0.2) is 186 Å². The van der Waals surface area contributed by atoms with Gasteiger partial charge in [0.05, 0.1) is 11.0 Å². The van der Waals surface area contributed by atoms with Crippen molar-refractivity contribution in [3.05, 3.63) is 182 Å². The Labute approximate surface area is 310 Å². The molecule has 3 aromatic heterocycles. The molecule has 54 heavy (non-hydrogen) atoms. The smallest absolute Gasteiger partial charge is 0.164 e. The zero-order valence-electron chi connectivity index (χ0n) is 29.0. The maximum atomic E-state index is 6.23. The van der Waals surface area contributed by atoms with E-state index in [2.05, 4.69) is 126 Å². The second-order valence-corrected chi connectivity index (χ2v) is 13.6. The molecule has 252 valence electrons. The molecule has 11 aromatic rings. The van der Waals surface area contributed by atoms with Gasteiger partial charge in [-0.3, -0.25) is 0 Å². The lowest BCUT2D eigenvalue weighted by atomic mass is 10.0. The Hall–Kier alpha value is -7.37. The second-order valence-electron chi connectivity index (χ2n) is 13.6. The summed E-state index contributed by atoms with van der Waals surface area (Å²) in [6.07, 6.45) is 0. The summed E-state index contributed by atoms with van der Waals surface area (Å²) in [6, 6.07) is 63.4. The molecule has 0 spiro atoms. The molecule has 3 heterocycles. The molecular weight excluding hydrogens is 661 g/mol. The van der Waals surface area contributed by atoms with Crippen LogP contribution in [0, 0.1) is 0 Å². The van der Waals surface area contributed by atoms with E-state index in [-0.39, 0.29) is 0 Å². The van der Waals surface area contributed by atoms with E-state index in [9.17, 15) is 0 Å². The topological polar surface area (TPSA) is 56.7 Å². The zero-order valence-corrected chi connectivity index (χ0v) is 29.0. The molecule has 5 nitrogen and oxygen atoms in total. The highest BCUT2D eigenvalue weighted by atomic mass is 16.3. The SMILES string of the molecule is c1ccc(-c2nc(-c3cccc(-c4ccc(-n5c6ccccc6c6ccc7ccccc7c65)cc4)c3)nc(-c3cccc4oc5ccccc5c34)n2)cc1. The molecule has 0 fully saturated rings. The zero-order chi connectivity index (χ0) is 35.6. The van der Waals surface area contributed by atoms with E-state index in [1.807, 2.05) is 60.7 Å². The van der Waals surface area contributed by atoms with Gasteiger partial charge in [-0.2, -0.15) is 0 Å². The summed E-state index contributed by atoms with van der Waals surface area (Å²) >= 11 is 0. The lowest BCUT2D eigenvalue weighted by Crippen LogP contribution is -2.00. The molecule has 0 aliphatic carbocycles. The minimum absolute atomic E-state index is 0.601. The van der Waals surface area contributed by atoms with E-state index in [1.54, 1.807) is 0 Å². The summed E-state index contributed by atoms with van der Waals surface area (Å²) in [5.74, 6) is 1.83. The highest BCUT2D eigenvalue weighted by molar-refractivity contribution is 6.18. The van der Waals surface area contributed by atoms with Crippen LogP contribution in [-0.4, -0.2) is 19.5 Å². The van der Waals surface area contributed by atoms with Gasteiger partial charge >= 0.3 is 0 Å². The number of nitrogens with zero attached hydrogens (tertiary/aromatic N) is 4. The minimum atomic E-state index is 0.601. The average Bonchev–Trinajstić information content (AvgIpc) is 3.80. The van der Waals surface area contributed by atoms with E-state index < -0.39 is 0 Å². The van der Waals surface area contributed by atoms with Gasteiger partial charge in [0.15, 0.2) is 17.5 Å². The number of furan rings is 1. The van der Waals surface area contributed by atoms with Gasteiger partial charge < -0.3 is 8.98 Å². The van der Waals surface area contributed by atoms with Crippen molar-refractivity contribution in [2.24, 2.45) is 0 Å². The first-order valence-corrected chi connectivity index (χ1v) is 18.1. The van der Waals surface area contributed by atoms with Crippen LogP contribution in [-0.2, 0) is 0 Å². The lowest BCUT2D eigenvalue weighted by Gasteiger charge is -2.12. The highest BCUT2D eigenvalue weighted by Gasteiger charge is 2.19. The van der Waals surface area contributed by atoms with Crippen LogP contribution in [0.2, 0.25) is 0 Å². The van der Waals surface area contributed by atoms with Gasteiger partial charge in [-0.15, -0.1) is 0 Å². The number of hydrogen-bond donors (Lipinski definition) is 0. The predicted molar refractivity (Wildman–Crippen MR) is 221 cm³/mol. The summed E-state index contributed by atoms with van der Waals surface area (Å²) in [5, 5.41) is 7.00. The predicted octanol–water partition coefficient (Wildman–Crippen LogP) is 12.7. The van der Waals surface area contributed by atoms with E-state index in [0.29, 0.717) is 17.5 Å². The Bertz CT molecular complexity index is 3210. The Morgan fingerprint density at radius 2 is 1.04 bits per heavy atom. The first kappa shape index (κ1) is 30.3. The van der Waals surface area contributed by atoms with Gasteiger partial charge in [0.25, 0.3) is 0 Å². The van der Waals surface area contributed by atoms with Crippen LogP contribution < -0.4 is 0 Å². The Morgan fingerprint density at radius 3 is 1.91 bits per heavy atom. The fourth-order valence-electron chi connectivity index (χ4n) is 7.94. The van der Waals surface area contributed by atoms with Crippen molar-refractivity contribution < 1.29 is 4.42 Å². The van der Waals surface area contributed by atoms with Gasteiger partial charge in [-0.25, -0.2) is 15.0 Å². The molecule has 0 aliphatic rings. The second kappa shape index (κ2) is 12.1. The minimum Gasteiger partial charge on any atom is -0.456 e. The maximum Gasteiger partial charge on any atom is 0.164 e. The Kier molecular flexibility index (Phi) is 6.79. The molecular formula is C49H30N4O. The van der Waals surface area contributed by atoms with Gasteiger partial charge in [0, 0.05) is 49.3 Å². The van der Waals surface area contributed by atoms with Crippen LogP contribution in [0.3, 0.4) is 0 Å². The molecule has 11 rings (SSSR count). The lowest BCUT2D eigenvalue weighted by molar-refractivity contribution is 0.669. The Balaban J connectivity index is 1.04. The summed E-state index contributed by atoms with van der Waals surface area (Å²) in [6.45, 7) is 0. The average molecular weight is 691 g/mol. The number of hydrogen-bond acceptors (Lipinski definition) is 4. The Morgan fingerprint density at radius 1 is 0.389 bits per heavy atom. The molecule has 0 saturated carbocycles. The quantitative estimate of drug-likeness (QED) is 0.180.